The molecule has 1 aromatic carbocycles. The maximum Gasteiger partial charge on any atom is 0.277 e. The van der Waals surface area contributed by atoms with Gasteiger partial charge in [-0.1, -0.05) is 12.1 Å². The van der Waals surface area contributed by atoms with Crippen molar-refractivity contribution in [3.63, 3.8) is 0 Å². The van der Waals surface area contributed by atoms with E-state index in [-0.39, 0.29) is 12.3 Å². The molecule has 0 unspecified atom stereocenters. The van der Waals surface area contributed by atoms with Gasteiger partial charge >= 0.3 is 0 Å². The summed E-state index contributed by atoms with van der Waals surface area (Å²) in [5.74, 6) is 0. The van der Waals surface area contributed by atoms with Crippen LogP contribution in [0.2, 0.25) is 0 Å². The van der Waals surface area contributed by atoms with E-state index in [0.29, 0.717) is 24.2 Å². The standard InChI is InChI=1S/C11H12N2O3/c1-9-4-2-5-10(11(9)13(14)15)8-16-7-3-6-12/h2,4-5H,3,7-8H2,1H3. The summed E-state index contributed by atoms with van der Waals surface area (Å²) in [6, 6.07) is 7.05. The van der Waals surface area contributed by atoms with Gasteiger partial charge in [-0.25, -0.2) is 0 Å². The Bertz CT molecular complexity index is 424. The molecule has 0 atom stereocenters. The molecule has 0 N–H and O–H groups in total. The minimum Gasteiger partial charge on any atom is -0.375 e. The van der Waals surface area contributed by atoms with Crippen molar-refractivity contribution in [3.8, 4) is 6.07 Å². The number of aryl methyl sites for hydroxylation is 1. The highest BCUT2D eigenvalue weighted by atomic mass is 16.6. The van der Waals surface area contributed by atoms with Crippen molar-refractivity contribution in [1.82, 2.24) is 0 Å². The maximum atomic E-state index is 10.8. The molecule has 84 valence electrons. The van der Waals surface area contributed by atoms with Crippen molar-refractivity contribution in [1.29, 1.82) is 5.26 Å². The molecule has 16 heavy (non-hydrogen) atoms. The van der Waals surface area contributed by atoms with Gasteiger partial charge in [0.2, 0.25) is 0 Å². The first-order valence-corrected chi connectivity index (χ1v) is 4.84. The molecule has 5 nitrogen and oxygen atoms in total. The van der Waals surface area contributed by atoms with Crippen molar-refractivity contribution in [2.45, 2.75) is 20.0 Å². The van der Waals surface area contributed by atoms with Gasteiger partial charge < -0.3 is 4.74 Å². The molecule has 1 rings (SSSR count). The SMILES string of the molecule is Cc1cccc(COCCC#N)c1[N+](=O)[O-]. The van der Waals surface area contributed by atoms with E-state index >= 15 is 0 Å². The number of hydrogen-bond donors (Lipinski definition) is 0. The minimum absolute atomic E-state index is 0.0967. The monoisotopic (exact) mass is 220 g/mol. The number of ether oxygens (including phenoxy) is 1. The van der Waals surface area contributed by atoms with Crippen LogP contribution in [0.4, 0.5) is 5.69 Å². The zero-order valence-corrected chi connectivity index (χ0v) is 8.97. The summed E-state index contributed by atoms with van der Waals surface area (Å²) in [5, 5.41) is 19.1. The highest BCUT2D eigenvalue weighted by Crippen LogP contribution is 2.23. The molecule has 0 aromatic heterocycles. The predicted octanol–water partition coefficient (Wildman–Crippen LogP) is 2.33. The van der Waals surface area contributed by atoms with E-state index in [9.17, 15) is 10.1 Å². The fraction of sp³-hybridized carbons (Fsp3) is 0.364. The Kier molecular flexibility index (Phi) is 4.42. The van der Waals surface area contributed by atoms with Gasteiger partial charge in [0.05, 0.1) is 36.2 Å². The first kappa shape index (κ1) is 12.1. The van der Waals surface area contributed by atoms with Crippen molar-refractivity contribution in [3.05, 3.63) is 39.4 Å². The maximum absolute atomic E-state index is 10.8. The van der Waals surface area contributed by atoms with Gasteiger partial charge in [-0.15, -0.1) is 0 Å². The lowest BCUT2D eigenvalue weighted by Gasteiger charge is -2.05. The third-order valence-corrected chi connectivity index (χ3v) is 2.12. The molecule has 1 aromatic rings. The molecule has 0 aliphatic carbocycles. The van der Waals surface area contributed by atoms with E-state index in [0.717, 1.165) is 0 Å². The second-order valence-electron chi connectivity index (χ2n) is 3.30. The van der Waals surface area contributed by atoms with Crippen molar-refractivity contribution in [2.24, 2.45) is 0 Å². The number of benzene rings is 1. The van der Waals surface area contributed by atoms with Crippen LogP contribution in [-0.2, 0) is 11.3 Å². The van der Waals surface area contributed by atoms with Gasteiger partial charge in [-0.05, 0) is 13.0 Å². The second-order valence-corrected chi connectivity index (χ2v) is 3.30. The Hall–Kier alpha value is -1.93. The number of nitriles is 1. The molecule has 5 heteroatoms. The summed E-state index contributed by atoms with van der Waals surface area (Å²) in [7, 11) is 0. The second kappa shape index (κ2) is 5.83. The van der Waals surface area contributed by atoms with E-state index in [1.54, 1.807) is 25.1 Å². The van der Waals surface area contributed by atoms with Gasteiger partial charge in [0.1, 0.15) is 0 Å². The Morgan fingerprint density at radius 1 is 1.56 bits per heavy atom. The minimum atomic E-state index is -0.404. The summed E-state index contributed by atoms with van der Waals surface area (Å²) in [4.78, 5) is 10.4. The van der Waals surface area contributed by atoms with Crippen LogP contribution in [0.1, 0.15) is 17.5 Å². The van der Waals surface area contributed by atoms with E-state index in [2.05, 4.69) is 0 Å². The van der Waals surface area contributed by atoms with Crippen LogP contribution in [0.15, 0.2) is 18.2 Å². The summed E-state index contributed by atoms with van der Waals surface area (Å²) >= 11 is 0. The van der Waals surface area contributed by atoms with E-state index in [1.165, 1.54) is 0 Å². The quantitative estimate of drug-likeness (QED) is 0.433. The third kappa shape index (κ3) is 3.04. The van der Waals surface area contributed by atoms with Gasteiger partial charge in [-0.2, -0.15) is 5.26 Å². The first-order valence-electron chi connectivity index (χ1n) is 4.84. The molecule has 0 fully saturated rings. The van der Waals surface area contributed by atoms with Crippen LogP contribution in [-0.4, -0.2) is 11.5 Å². The lowest BCUT2D eigenvalue weighted by atomic mass is 10.1. The number of hydrogen-bond acceptors (Lipinski definition) is 4. The smallest absolute Gasteiger partial charge is 0.277 e. The fourth-order valence-electron chi connectivity index (χ4n) is 1.40. The molecule has 0 aliphatic heterocycles. The van der Waals surface area contributed by atoms with Crippen molar-refractivity contribution in [2.75, 3.05) is 6.61 Å². The van der Waals surface area contributed by atoms with Gasteiger partial charge in [0.25, 0.3) is 5.69 Å². The average Bonchev–Trinajstić information content (AvgIpc) is 2.24. The van der Waals surface area contributed by atoms with Gasteiger partial charge in [0.15, 0.2) is 0 Å². The van der Waals surface area contributed by atoms with Crippen LogP contribution in [0.5, 0.6) is 0 Å². The fourth-order valence-corrected chi connectivity index (χ4v) is 1.40. The summed E-state index contributed by atoms with van der Waals surface area (Å²) in [5.41, 5.74) is 1.26. The van der Waals surface area contributed by atoms with E-state index < -0.39 is 4.92 Å². The summed E-state index contributed by atoms with van der Waals surface area (Å²) in [6.07, 6.45) is 0.291. The molecule has 0 bridgehead atoms. The predicted molar refractivity (Wildman–Crippen MR) is 57.7 cm³/mol. The Morgan fingerprint density at radius 2 is 2.31 bits per heavy atom. The summed E-state index contributed by atoms with van der Waals surface area (Å²) < 4.78 is 5.18. The molecule has 0 saturated carbocycles. The highest BCUT2D eigenvalue weighted by Gasteiger charge is 2.16. The number of nitro benzene ring substituents is 1. The first-order chi connectivity index (χ1) is 7.66. The zero-order valence-electron chi connectivity index (χ0n) is 8.97. The largest absolute Gasteiger partial charge is 0.375 e. The average molecular weight is 220 g/mol. The van der Waals surface area contributed by atoms with Crippen LogP contribution in [0.25, 0.3) is 0 Å². The topological polar surface area (TPSA) is 76.2 Å². The Morgan fingerprint density at radius 3 is 2.94 bits per heavy atom. The highest BCUT2D eigenvalue weighted by molar-refractivity contribution is 5.46. The molecule has 0 heterocycles. The van der Waals surface area contributed by atoms with Crippen molar-refractivity contribution >= 4 is 5.69 Å². The molecule has 0 saturated heterocycles. The number of rotatable bonds is 5. The lowest BCUT2D eigenvalue weighted by molar-refractivity contribution is -0.386. The number of para-hydroxylation sites is 1. The summed E-state index contributed by atoms with van der Waals surface area (Å²) in [6.45, 7) is 2.15. The Labute approximate surface area is 93.4 Å². The van der Waals surface area contributed by atoms with Crippen LogP contribution >= 0.6 is 0 Å². The molecular formula is C11H12N2O3. The van der Waals surface area contributed by atoms with Gasteiger partial charge in [0, 0.05) is 5.56 Å². The van der Waals surface area contributed by atoms with Crippen LogP contribution in [0.3, 0.4) is 0 Å². The van der Waals surface area contributed by atoms with Crippen LogP contribution < -0.4 is 0 Å². The van der Waals surface area contributed by atoms with Crippen LogP contribution in [0, 0.1) is 28.4 Å². The third-order valence-electron chi connectivity index (χ3n) is 2.12. The molecular weight excluding hydrogens is 208 g/mol. The molecule has 0 amide bonds. The van der Waals surface area contributed by atoms with Crippen molar-refractivity contribution < 1.29 is 9.66 Å². The lowest BCUT2D eigenvalue weighted by Crippen LogP contribution is -2.01. The Balaban J connectivity index is 2.76. The van der Waals surface area contributed by atoms with E-state index in [1.807, 2.05) is 6.07 Å². The molecule has 0 spiro atoms. The molecule has 0 aliphatic rings. The normalized spacial score (nSPS) is 9.75. The number of nitro groups is 1. The zero-order chi connectivity index (χ0) is 12.0. The van der Waals surface area contributed by atoms with E-state index in [4.69, 9.17) is 10.00 Å². The molecule has 0 radical (unpaired) electrons. The number of nitrogens with zero attached hydrogens (tertiary/aromatic N) is 2. The van der Waals surface area contributed by atoms with Gasteiger partial charge in [-0.3, -0.25) is 10.1 Å².